The number of aromatic nitrogens is 3. The Balaban J connectivity index is 1.77. The average molecular weight is 408 g/mol. The smallest absolute Gasteiger partial charge is 0.256 e. The van der Waals surface area contributed by atoms with Gasteiger partial charge in [0.15, 0.2) is 5.82 Å². The molecule has 5 nitrogen and oxygen atoms in total. The highest BCUT2D eigenvalue weighted by molar-refractivity contribution is 14.1. The Morgan fingerprint density at radius 3 is 2.77 bits per heavy atom. The fourth-order valence-electron chi connectivity index (χ4n) is 1.87. The van der Waals surface area contributed by atoms with Gasteiger partial charge in [0, 0.05) is 16.0 Å². The Morgan fingerprint density at radius 1 is 1.27 bits per heavy atom. The van der Waals surface area contributed by atoms with E-state index in [0.717, 1.165) is 0 Å². The van der Waals surface area contributed by atoms with Crippen LogP contribution < -0.4 is 5.32 Å². The van der Waals surface area contributed by atoms with Crippen molar-refractivity contribution in [3.63, 3.8) is 0 Å². The molecule has 0 aliphatic heterocycles. The highest BCUT2D eigenvalue weighted by atomic mass is 127. The predicted octanol–water partition coefficient (Wildman–Crippen LogP) is 3.26. The van der Waals surface area contributed by atoms with Crippen molar-refractivity contribution >= 4 is 34.2 Å². The topological polar surface area (TPSA) is 59.8 Å². The number of amides is 1. The first-order chi connectivity index (χ1) is 10.6. The van der Waals surface area contributed by atoms with Gasteiger partial charge in [-0.2, -0.15) is 5.10 Å². The number of carbonyl (C=O) groups excluding carboxylic acids is 1. The number of benzene rings is 1. The second kappa shape index (κ2) is 6.22. The summed E-state index contributed by atoms with van der Waals surface area (Å²) in [4.78, 5) is 16.4. The Labute approximate surface area is 139 Å². The van der Waals surface area contributed by atoms with Gasteiger partial charge in [0.2, 0.25) is 0 Å². The Morgan fingerprint density at radius 2 is 2.14 bits per heavy atom. The molecular formula is C15H10FIN4O. The molecule has 1 amide bonds. The van der Waals surface area contributed by atoms with Gasteiger partial charge in [-0.1, -0.05) is 0 Å². The van der Waals surface area contributed by atoms with Crippen LogP contribution in [0.5, 0.6) is 0 Å². The molecular weight excluding hydrogens is 398 g/mol. The summed E-state index contributed by atoms with van der Waals surface area (Å²) >= 11 is 1.93. The van der Waals surface area contributed by atoms with E-state index in [-0.39, 0.29) is 11.7 Å². The van der Waals surface area contributed by atoms with Crippen molar-refractivity contribution in [2.24, 2.45) is 0 Å². The molecule has 1 N–H and O–H groups in total. The van der Waals surface area contributed by atoms with E-state index in [9.17, 15) is 9.18 Å². The van der Waals surface area contributed by atoms with Gasteiger partial charge < -0.3 is 5.32 Å². The minimum absolute atomic E-state index is 0.307. The maximum absolute atomic E-state index is 13.1. The van der Waals surface area contributed by atoms with Crippen molar-refractivity contribution in [3.05, 3.63) is 69.9 Å². The number of hydrogen-bond donors (Lipinski definition) is 1. The first-order valence-corrected chi connectivity index (χ1v) is 7.44. The zero-order chi connectivity index (χ0) is 15.5. The molecule has 3 aromatic rings. The van der Waals surface area contributed by atoms with Crippen molar-refractivity contribution in [1.82, 2.24) is 14.8 Å². The monoisotopic (exact) mass is 408 g/mol. The average Bonchev–Trinajstić information content (AvgIpc) is 3.02. The summed E-state index contributed by atoms with van der Waals surface area (Å²) in [6.07, 6.45) is 4.99. The van der Waals surface area contributed by atoms with Crippen LogP contribution in [0.4, 0.5) is 10.1 Å². The molecule has 0 fully saturated rings. The molecule has 0 bridgehead atoms. The summed E-state index contributed by atoms with van der Waals surface area (Å²) < 4.78 is 15.2. The summed E-state index contributed by atoms with van der Waals surface area (Å²) in [5, 5.41) is 6.81. The Kier molecular flexibility index (Phi) is 4.14. The van der Waals surface area contributed by atoms with Crippen LogP contribution in [-0.4, -0.2) is 20.7 Å². The predicted molar refractivity (Wildman–Crippen MR) is 88.4 cm³/mol. The fraction of sp³-hybridized carbons (Fsp3) is 0. The van der Waals surface area contributed by atoms with Crippen LogP contribution in [0.2, 0.25) is 0 Å². The van der Waals surface area contributed by atoms with E-state index < -0.39 is 0 Å². The summed E-state index contributed by atoms with van der Waals surface area (Å²) in [5.41, 5.74) is 0.971. The van der Waals surface area contributed by atoms with Crippen LogP contribution in [0.25, 0.3) is 5.82 Å². The van der Waals surface area contributed by atoms with Crippen LogP contribution in [0.1, 0.15) is 10.4 Å². The fourth-order valence-corrected chi connectivity index (χ4v) is 2.59. The number of nitrogens with zero attached hydrogens (tertiary/aromatic N) is 3. The lowest BCUT2D eigenvalue weighted by Crippen LogP contribution is -2.14. The molecule has 0 radical (unpaired) electrons. The lowest BCUT2D eigenvalue weighted by molar-refractivity contribution is 0.102. The van der Waals surface area contributed by atoms with Crippen LogP contribution in [0, 0.1) is 9.39 Å². The molecule has 0 aliphatic carbocycles. The van der Waals surface area contributed by atoms with E-state index >= 15 is 0 Å². The van der Waals surface area contributed by atoms with Gasteiger partial charge in [-0.25, -0.2) is 14.1 Å². The number of carbonyl (C=O) groups is 1. The van der Waals surface area contributed by atoms with E-state index in [1.54, 1.807) is 41.5 Å². The zero-order valence-corrected chi connectivity index (χ0v) is 13.4. The molecule has 3 rings (SSSR count). The molecule has 2 aromatic heterocycles. The van der Waals surface area contributed by atoms with Gasteiger partial charge in [-0.3, -0.25) is 4.79 Å². The summed E-state index contributed by atoms with van der Waals surface area (Å²) in [7, 11) is 0. The molecule has 110 valence electrons. The number of hydrogen-bond acceptors (Lipinski definition) is 3. The van der Waals surface area contributed by atoms with Gasteiger partial charge >= 0.3 is 0 Å². The third kappa shape index (κ3) is 3.14. The summed E-state index contributed by atoms with van der Waals surface area (Å²) in [6.45, 7) is 0. The molecule has 0 atom stereocenters. The third-order valence-electron chi connectivity index (χ3n) is 2.92. The molecule has 0 aliphatic rings. The third-order valence-corrected chi connectivity index (χ3v) is 3.81. The molecule has 0 saturated heterocycles. The van der Waals surface area contributed by atoms with Crippen LogP contribution >= 0.6 is 22.6 Å². The van der Waals surface area contributed by atoms with Gasteiger partial charge in [0.05, 0.1) is 17.4 Å². The highest BCUT2D eigenvalue weighted by Gasteiger charge is 2.11. The van der Waals surface area contributed by atoms with Crippen molar-refractivity contribution < 1.29 is 9.18 Å². The molecule has 2 heterocycles. The molecule has 7 heteroatoms. The van der Waals surface area contributed by atoms with E-state index in [1.807, 2.05) is 22.6 Å². The van der Waals surface area contributed by atoms with Crippen LogP contribution in [0.3, 0.4) is 0 Å². The van der Waals surface area contributed by atoms with E-state index in [1.165, 1.54) is 18.2 Å². The minimum atomic E-state index is -0.369. The number of pyridine rings is 1. The summed E-state index contributed by atoms with van der Waals surface area (Å²) in [5.74, 6) is -0.0245. The second-order valence-electron chi connectivity index (χ2n) is 4.43. The van der Waals surface area contributed by atoms with Crippen LogP contribution in [0.15, 0.2) is 55.0 Å². The maximum atomic E-state index is 13.1. The maximum Gasteiger partial charge on any atom is 0.256 e. The van der Waals surface area contributed by atoms with Crippen molar-refractivity contribution in [2.75, 3.05) is 5.32 Å². The summed E-state index contributed by atoms with van der Waals surface area (Å²) in [6, 6.07) is 9.31. The quantitative estimate of drug-likeness (QED) is 0.677. The normalized spacial score (nSPS) is 10.5. The molecule has 1 aromatic carbocycles. The molecule has 0 spiro atoms. The van der Waals surface area contributed by atoms with Crippen LogP contribution in [-0.2, 0) is 0 Å². The second-order valence-corrected chi connectivity index (χ2v) is 5.60. The number of halogens is 2. The number of nitrogens with one attached hydrogen (secondary N) is 1. The Hall–Kier alpha value is -2.29. The van der Waals surface area contributed by atoms with E-state index in [2.05, 4.69) is 15.4 Å². The number of anilines is 1. The van der Waals surface area contributed by atoms with Crippen molar-refractivity contribution in [1.29, 1.82) is 0 Å². The molecule has 0 saturated carbocycles. The largest absolute Gasteiger partial charge is 0.321 e. The van der Waals surface area contributed by atoms with Gasteiger partial charge in [0.1, 0.15) is 5.82 Å². The Bertz CT molecular complexity index is 803. The van der Waals surface area contributed by atoms with Gasteiger partial charge in [-0.05, 0) is 59.0 Å². The minimum Gasteiger partial charge on any atom is -0.321 e. The lowest BCUT2D eigenvalue weighted by atomic mass is 10.2. The molecule has 0 unspecified atom stereocenters. The first kappa shape index (κ1) is 14.6. The van der Waals surface area contributed by atoms with Crippen molar-refractivity contribution in [3.8, 4) is 5.82 Å². The SMILES string of the molecule is O=C(Nc1ccc(-n2cccn2)nc1)c1ccc(F)cc1I. The van der Waals surface area contributed by atoms with Gasteiger partial charge in [0.25, 0.3) is 5.91 Å². The first-order valence-electron chi connectivity index (χ1n) is 6.36. The van der Waals surface area contributed by atoms with E-state index in [4.69, 9.17) is 0 Å². The van der Waals surface area contributed by atoms with Gasteiger partial charge in [-0.15, -0.1) is 0 Å². The van der Waals surface area contributed by atoms with E-state index in [0.29, 0.717) is 20.6 Å². The highest BCUT2D eigenvalue weighted by Crippen LogP contribution is 2.16. The zero-order valence-electron chi connectivity index (χ0n) is 11.2. The standard InChI is InChI=1S/C15H10FIN4O/c16-10-2-4-12(13(17)8-10)15(22)20-11-3-5-14(18-9-11)21-7-1-6-19-21/h1-9H,(H,20,22). The number of rotatable bonds is 3. The van der Waals surface area contributed by atoms with Crippen molar-refractivity contribution in [2.45, 2.75) is 0 Å². The lowest BCUT2D eigenvalue weighted by Gasteiger charge is -2.07. The molecule has 22 heavy (non-hydrogen) atoms.